The van der Waals surface area contributed by atoms with E-state index in [0.29, 0.717) is 17.1 Å². The van der Waals surface area contributed by atoms with E-state index in [2.05, 4.69) is 16.8 Å². The molecule has 1 aromatic rings. The van der Waals surface area contributed by atoms with Crippen molar-refractivity contribution in [1.29, 1.82) is 0 Å². The van der Waals surface area contributed by atoms with Crippen LogP contribution < -0.4 is 0 Å². The van der Waals surface area contributed by atoms with Crippen molar-refractivity contribution >= 4 is 20.8 Å². The first kappa shape index (κ1) is 15.1. The van der Waals surface area contributed by atoms with Crippen molar-refractivity contribution < 1.29 is 17.7 Å². The summed E-state index contributed by atoms with van der Waals surface area (Å²) in [5.74, 6) is 5.78. The highest BCUT2D eigenvalue weighted by Crippen LogP contribution is 2.17. The van der Waals surface area contributed by atoms with Crippen LogP contribution in [0, 0.1) is 11.8 Å². The van der Waals surface area contributed by atoms with Crippen LogP contribution in [-0.2, 0) is 20.8 Å². The van der Waals surface area contributed by atoms with E-state index in [-0.39, 0.29) is 24.6 Å². The monoisotopic (exact) mass is 314 g/mol. The first-order valence-corrected chi connectivity index (χ1v) is 8.87. The average Bonchev–Trinajstić information content (AvgIpc) is 2.46. The van der Waals surface area contributed by atoms with Crippen LogP contribution in [0.3, 0.4) is 0 Å². The number of nitrogens with zero attached hydrogens (tertiary/aromatic N) is 2. The molecule has 108 valence electrons. The molecule has 0 spiro atoms. The highest BCUT2D eigenvalue weighted by Gasteiger charge is 2.28. The Kier molecular flexibility index (Phi) is 4.88. The van der Waals surface area contributed by atoms with Crippen LogP contribution in [-0.4, -0.2) is 58.2 Å². The zero-order valence-electron chi connectivity index (χ0n) is 10.7. The first-order chi connectivity index (χ1) is 9.54. The van der Waals surface area contributed by atoms with Gasteiger partial charge in [-0.25, -0.2) is 8.42 Å². The van der Waals surface area contributed by atoms with E-state index in [1.165, 1.54) is 22.8 Å². The van der Waals surface area contributed by atoms with Gasteiger partial charge in [0.2, 0.25) is 10.0 Å². The van der Waals surface area contributed by atoms with Crippen LogP contribution in [0.25, 0.3) is 0 Å². The highest BCUT2D eigenvalue weighted by atomic mass is 32.2. The summed E-state index contributed by atoms with van der Waals surface area (Å²) in [4.78, 5) is 3.93. The van der Waals surface area contributed by atoms with Crippen LogP contribution in [0.5, 0.6) is 0 Å². The molecule has 1 fully saturated rings. The summed E-state index contributed by atoms with van der Waals surface area (Å²) in [7, 11) is -4.56. The number of hydrogen-bond acceptors (Lipinski definition) is 5. The Morgan fingerprint density at radius 2 is 2.05 bits per heavy atom. The van der Waals surface area contributed by atoms with Gasteiger partial charge in [0.25, 0.3) is 0 Å². The number of aliphatic hydroxyl groups is 1. The van der Waals surface area contributed by atoms with Crippen molar-refractivity contribution in [1.82, 2.24) is 9.29 Å². The summed E-state index contributed by atoms with van der Waals surface area (Å²) in [6, 6.07) is 1.43. The van der Waals surface area contributed by atoms with Crippen molar-refractivity contribution in [2.24, 2.45) is 0 Å². The summed E-state index contributed by atoms with van der Waals surface area (Å²) in [5.41, 5.74) is 0.431. The minimum Gasteiger partial charge on any atom is -0.384 e. The second-order valence-corrected chi connectivity index (χ2v) is 7.76. The average molecular weight is 314 g/mol. The molecule has 0 atom stereocenters. The Labute approximate surface area is 120 Å². The smallest absolute Gasteiger partial charge is 0.244 e. The molecular formula is C12H14N2O4S2. The molecule has 0 radical (unpaired) electrons. The van der Waals surface area contributed by atoms with Gasteiger partial charge < -0.3 is 5.11 Å². The topological polar surface area (TPSA) is 87.6 Å². The molecule has 0 bridgehead atoms. The largest absolute Gasteiger partial charge is 0.384 e. The zero-order chi connectivity index (χ0) is 14.6. The molecule has 2 heterocycles. The number of sulfonamides is 1. The Hall–Kier alpha value is -1.27. The first-order valence-electron chi connectivity index (χ1n) is 5.94. The standard InChI is InChI=1S/C12H14N2O4S2/c15-5-1-2-11-8-12(10-13-9-11)20(17,18)14-3-6-19(16)7-4-14/h8-10,15H,3-7H2. The summed E-state index contributed by atoms with van der Waals surface area (Å²) < 4.78 is 37.4. The SMILES string of the molecule is O=S1CCN(S(=O)(=O)c2cncc(C#CCO)c2)CC1. The molecule has 1 aliphatic heterocycles. The van der Waals surface area contributed by atoms with Gasteiger partial charge in [-0.2, -0.15) is 4.31 Å². The normalized spacial score (nSPS) is 17.4. The highest BCUT2D eigenvalue weighted by molar-refractivity contribution is 7.89. The van der Waals surface area contributed by atoms with Crippen LogP contribution >= 0.6 is 0 Å². The Bertz CT molecular complexity index is 666. The molecule has 0 aliphatic carbocycles. The molecule has 20 heavy (non-hydrogen) atoms. The van der Waals surface area contributed by atoms with E-state index in [9.17, 15) is 12.6 Å². The third-order valence-electron chi connectivity index (χ3n) is 2.80. The van der Waals surface area contributed by atoms with Gasteiger partial charge >= 0.3 is 0 Å². The molecule has 1 aromatic heterocycles. The lowest BCUT2D eigenvalue weighted by atomic mass is 10.3. The van der Waals surface area contributed by atoms with Crippen molar-refractivity contribution in [2.45, 2.75) is 4.90 Å². The van der Waals surface area contributed by atoms with E-state index < -0.39 is 20.8 Å². The van der Waals surface area contributed by atoms with E-state index >= 15 is 0 Å². The van der Waals surface area contributed by atoms with Gasteiger partial charge in [-0.15, -0.1) is 0 Å². The third-order valence-corrected chi connectivity index (χ3v) is 5.94. The molecule has 0 saturated carbocycles. The number of rotatable bonds is 2. The molecule has 6 nitrogen and oxygen atoms in total. The Morgan fingerprint density at radius 3 is 2.70 bits per heavy atom. The lowest BCUT2D eigenvalue weighted by molar-refractivity contribution is 0.350. The zero-order valence-corrected chi connectivity index (χ0v) is 12.3. The Morgan fingerprint density at radius 1 is 1.35 bits per heavy atom. The van der Waals surface area contributed by atoms with Gasteiger partial charge in [-0.3, -0.25) is 9.19 Å². The number of pyridine rings is 1. The van der Waals surface area contributed by atoms with Gasteiger partial charge in [0.1, 0.15) is 11.5 Å². The molecule has 1 N–H and O–H groups in total. The van der Waals surface area contributed by atoms with Gasteiger partial charge in [0, 0.05) is 53.4 Å². The molecule has 0 aromatic carbocycles. The minimum absolute atomic E-state index is 0.0647. The van der Waals surface area contributed by atoms with E-state index in [1.807, 2.05) is 0 Å². The fraction of sp³-hybridized carbons (Fsp3) is 0.417. The summed E-state index contributed by atoms with van der Waals surface area (Å²) >= 11 is 0. The van der Waals surface area contributed by atoms with Crippen LogP contribution in [0.15, 0.2) is 23.4 Å². The minimum atomic E-state index is -3.63. The van der Waals surface area contributed by atoms with Gasteiger partial charge in [0.05, 0.1) is 0 Å². The maximum atomic E-state index is 12.4. The van der Waals surface area contributed by atoms with Crippen molar-refractivity contribution in [3.05, 3.63) is 24.0 Å². The quantitative estimate of drug-likeness (QED) is 0.721. The maximum Gasteiger partial charge on any atom is 0.244 e. The summed E-state index contributed by atoms with van der Waals surface area (Å²) in [5, 5.41) is 8.64. The van der Waals surface area contributed by atoms with E-state index in [0.717, 1.165) is 0 Å². The van der Waals surface area contributed by atoms with Crippen LogP contribution in [0.2, 0.25) is 0 Å². The van der Waals surface area contributed by atoms with Gasteiger partial charge in [0.15, 0.2) is 0 Å². The summed E-state index contributed by atoms with van der Waals surface area (Å²) in [6.07, 6.45) is 2.71. The van der Waals surface area contributed by atoms with Crippen LogP contribution in [0.1, 0.15) is 5.56 Å². The Balaban J connectivity index is 2.27. The van der Waals surface area contributed by atoms with Gasteiger partial charge in [-0.1, -0.05) is 11.8 Å². The van der Waals surface area contributed by atoms with Crippen molar-refractivity contribution in [2.75, 3.05) is 31.2 Å². The molecule has 0 unspecified atom stereocenters. The number of hydrogen-bond donors (Lipinski definition) is 1. The number of aliphatic hydroxyl groups excluding tert-OH is 1. The fourth-order valence-electron chi connectivity index (χ4n) is 1.78. The molecule has 1 saturated heterocycles. The molecule has 1 aliphatic rings. The molecule has 2 rings (SSSR count). The molecular weight excluding hydrogens is 300 g/mol. The summed E-state index contributed by atoms with van der Waals surface area (Å²) in [6.45, 7) is 0.206. The predicted octanol–water partition coefficient (Wildman–Crippen LogP) is -0.822. The van der Waals surface area contributed by atoms with Gasteiger partial charge in [-0.05, 0) is 6.07 Å². The fourth-order valence-corrected chi connectivity index (χ4v) is 4.50. The lowest BCUT2D eigenvalue weighted by Crippen LogP contribution is -2.41. The second-order valence-electron chi connectivity index (χ2n) is 4.12. The van der Waals surface area contributed by atoms with Crippen molar-refractivity contribution in [3.63, 3.8) is 0 Å². The number of aromatic nitrogens is 1. The third kappa shape index (κ3) is 3.43. The van der Waals surface area contributed by atoms with E-state index in [1.54, 1.807) is 0 Å². The van der Waals surface area contributed by atoms with E-state index in [4.69, 9.17) is 5.11 Å². The van der Waals surface area contributed by atoms with Crippen molar-refractivity contribution in [3.8, 4) is 11.8 Å². The predicted molar refractivity (Wildman–Crippen MR) is 74.8 cm³/mol. The van der Waals surface area contributed by atoms with Crippen LogP contribution in [0.4, 0.5) is 0 Å². The molecule has 0 amide bonds. The maximum absolute atomic E-state index is 12.4. The molecule has 8 heteroatoms. The lowest BCUT2D eigenvalue weighted by Gasteiger charge is -2.25. The second kappa shape index (κ2) is 6.45.